The molecule has 25 heavy (non-hydrogen) atoms. The van der Waals surface area contributed by atoms with E-state index in [1.165, 1.54) is 13.2 Å². The van der Waals surface area contributed by atoms with Gasteiger partial charge in [0.15, 0.2) is 11.6 Å². The number of carbonyl (C=O) groups excluding carboxylic acids is 1. The summed E-state index contributed by atoms with van der Waals surface area (Å²) < 4.78 is 54.7. The number of hydrogen-bond donors (Lipinski definition) is 1. The van der Waals surface area contributed by atoms with E-state index in [1.54, 1.807) is 17.0 Å². The number of rotatable bonds is 6. The summed E-state index contributed by atoms with van der Waals surface area (Å²) >= 11 is 0. The lowest BCUT2D eigenvalue weighted by Crippen LogP contribution is -2.49. The van der Waals surface area contributed by atoms with Gasteiger partial charge < -0.3 is 10.1 Å². The summed E-state index contributed by atoms with van der Waals surface area (Å²) in [4.78, 5) is 15.4. The highest BCUT2D eigenvalue weighted by atomic mass is 19.4. The van der Waals surface area contributed by atoms with E-state index in [0.29, 0.717) is 32.7 Å². The molecule has 0 aromatic heterocycles. The molecule has 1 aliphatic heterocycles. The molecule has 0 radical (unpaired) electrons. The van der Waals surface area contributed by atoms with Crippen molar-refractivity contribution in [1.29, 1.82) is 0 Å². The second kappa shape index (κ2) is 8.48. The first-order chi connectivity index (χ1) is 11.8. The van der Waals surface area contributed by atoms with Gasteiger partial charge in [-0.2, -0.15) is 13.2 Å². The number of benzene rings is 1. The number of halogens is 4. The molecular formula is C16H21F4N3O2. The van der Waals surface area contributed by atoms with E-state index in [9.17, 15) is 22.4 Å². The monoisotopic (exact) mass is 363 g/mol. The molecule has 140 valence electrons. The third-order valence-electron chi connectivity index (χ3n) is 3.94. The van der Waals surface area contributed by atoms with Gasteiger partial charge in [-0.3, -0.25) is 14.6 Å². The number of nitrogens with one attached hydrogen (secondary N) is 1. The van der Waals surface area contributed by atoms with Gasteiger partial charge in [0, 0.05) is 32.7 Å². The van der Waals surface area contributed by atoms with Crippen LogP contribution in [0.3, 0.4) is 0 Å². The third-order valence-corrected chi connectivity index (χ3v) is 3.94. The molecule has 1 aromatic carbocycles. The van der Waals surface area contributed by atoms with Crippen LogP contribution in [-0.2, 0) is 11.3 Å². The molecule has 0 aliphatic carbocycles. The number of hydrogen-bond acceptors (Lipinski definition) is 4. The molecule has 0 spiro atoms. The van der Waals surface area contributed by atoms with Crippen molar-refractivity contribution in [1.82, 2.24) is 15.1 Å². The summed E-state index contributed by atoms with van der Waals surface area (Å²) in [7, 11) is 1.40. The van der Waals surface area contributed by atoms with Crippen molar-refractivity contribution >= 4 is 5.91 Å². The second-order valence-corrected chi connectivity index (χ2v) is 5.91. The first-order valence-electron chi connectivity index (χ1n) is 7.87. The smallest absolute Gasteiger partial charge is 0.405 e. The van der Waals surface area contributed by atoms with Crippen LogP contribution in [-0.4, -0.2) is 68.3 Å². The van der Waals surface area contributed by atoms with Crippen molar-refractivity contribution in [3.05, 3.63) is 29.6 Å². The minimum absolute atomic E-state index is 0.0545. The molecule has 1 fully saturated rings. The van der Waals surface area contributed by atoms with Crippen LogP contribution in [0.15, 0.2) is 18.2 Å². The Morgan fingerprint density at radius 3 is 2.40 bits per heavy atom. The van der Waals surface area contributed by atoms with Crippen molar-refractivity contribution in [2.45, 2.75) is 12.7 Å². The lowest BCUT2D eigenvalue weighted by molar-refractivity contribution is -0.139. The Morgan fingerprint density at radius 2 is 1.84 bits per heavy atom. The number of nitrogens with zero attached hydrogens (tertiary/aromatic N) is 2. The molecule has 0 unspecified atom stereocenters. The highest BCUT2D eigenvalue weighted by molar-refractivity contribution is 5.78. The average molecular weight is 363 g/mol. The van der Waals surface area contributed by atoms with Crippen LogP contribution in [0.4, 0.5) is 17.6 Å². The van der Waals surface area contributed by atoms with Gasteiger partial charge >= 0.3 is 6.18 Å². The van der Waals surface area contributed by atoms with Crippen LogP contribution in [0.25, 0.3) is 0 Å². The quantitative estimate of drug-likeness (QED) is 0.781. The van der Waals surface area contributed by atoms with E-state index in [-0.39, 0.29) is 12.3 Å². The van der Waals surface area contributed by atoms with Crippen molar-refractivity contribution in [3.63, 3.8) is 0 Å². The van der Waals surface area contributed by atoms with Crippen LogP contribution in [0.5, 0.6) is 5.75 Å². The molecule has 0 atom stereocenters. The zero-order valence-corrected chi connectivity index (χ0v) is 13.9. The fraction of sp³-hybridized carbons (Fsp3) is 0.562. The molecular weight excluding hydrogens is 342 g/mol. The topological polar surface area (TPSA) is 44.8 Å². The van der Waals surface area contributed by atoms with Gasteiger partial charge in [0.1, 0.15) is 6.54 Å². The van der Waals surface area contributed by atoms with E-state index < -0.39 is 24.4 Å². The normalized spacial score (nSPS) is 16.7. The predicted molar refractivity (Wildman–Crippen MR) is 83.7 cm³/mol. The maximum absolute atomic E-state index is 13.7. The largest absolute Gasteiger partial charge is 0.494 e. The Balaban J connectivity index is 1.74. The molecule has 1 aromatic rings. The number of piperazine rings is 1. The number of amides is 1. The number of alkyl halides is 3. The van der Waals surface area contributed by atoms with Gasteiger partial charge in [0.05, 0.1) is 13.7 Å². The molecule has 0 saturated carbocycles. The average Bonchev–Trinajstić information content (AvgIpc) is 2.54. The molecule has 5 nitrogen and oxygen atoms in total. The van der Waals surface area contributed by atoms with Crippen LogP contribution in [0.2, 0.25) is 0 Å². The minimum Gasteiger partial charge on any atom is -0.494 e. The number of ether oxygens (including phenoxy) is 1. The summed E-state index contributed by atoms with van der Waals surface area (Å²) in [5.41, 5.74) is 0.815. The van der Waals surface area contributed by atoms with Gasteiger partial charge in [-0.15, -0.1) is 0 Å². The Morgan fingerprint density at radius 1 is 1.20 bits per heavy atom. The van der Waals surface area contributed by atoms with E-state index in [2.05, 4.69) is 4.90 Å². The van der Waals surface area contributed by atoms with E-state index in [1.807, 2.05) is 5.32 Å². The second-order valence-electron chi connectivity index (χ2n) is 5.91. The maximum atomic E-state index is 13.7. The lowest BCUT2D eigenvalue weighted by atomic mass is 10.2. The molecule has 9 heteroatoms. The van der Waals surface area contributed by atoms with Crippen molar-refractivity contribution in [2.24, 2.45) is 0 Å². The van der Waals surface area contributed by atoms with Gasteiger partial charge in [-0.25, -0.2) is 4.39 Å². The van der Waals surface area contributed by atoms with Crippen LogP contribution in [0.1, 0.15) is 5.56 Å². The molecule has 1 heterocycles. The standard InChI is InChI=1S/C16H21F4N3O2/c1-25-14-3-2-12(8-13(14)17)9-22-4-6-23(7-5-22)10-15(24)21-11-16(18,19)20/h2-3,8H,4-7,9-11H2,1H3,(H,21,24). The maximum Gasteiger partial charge on any atom is 0.405 e. The van der Waals surface area contributed by atoms with Gasteiger partial charge in [-0.1, -0.05) is 6.07 Å². The van der Waals surface area contributed by atoms with Crippen LogP contribution < -0.4 is 10.1 Å². The summed E-state index contributed by atoms with van der Waals surface area (Å²) in [5.74, 6) is -0.860. The van der Waals surface area contributed by atoms with Crippen molar-refractivity contribution in [2.75, 3.05) is 46.4 Å². The molecule has 1 aliphatic rings. The highest BCUT2D eigenvalue weighted by Crippen LogP contribution is 2.19. The first-order valence-corrected chi connectivity index (χ1v) is 7.87. The molecule has 0 bridgehead atoms. The molecule has 2 rings (SSSR count). The Labute approximate surface area is 143 Å². The zero-order chi connectivity index (χ0) is 18.4. The van der Waals surface area contributed by atoms with Gasteiger partial charge in [0.25, 0.3) is 0 Å². The summed E-state index contributed by atoms with van der Waals surface area (Å²) in [5, 5.41) is 1.87. The van der Waals surface area contributed by atoms with Crippen LogP contribution in [0, 0.1) is 5.82 Å². The van der Waals surface area contributed by atoms with Gasteiger partial charge in [-0.05, 0) is 17.7 Å². The Hall–Kier alpha value is -1.87. The Kier molecular flexibility index (Phi) is 6.60. The lowest BCUT2D eigenvalue weighted by Gasteiger charge is -2.34. The summed E-state index contributed by atoms with van der Waals surface area (Å²) in [6.07, 6.45) is -4.40. The van der Waals surface area contributed by atoms with Crippen molar-refractivity contribution < 1.29 is 27.1 Å². The van der Waals surface area contributed by atoms with E-state index in [0.717, 1.165) is 5.56 Å². The summed E-state index contributed by atoms with van der Waals surface area (Å²) in [6.45, 7) is 1.64. The van der Waals surface area contributed by atoms with E-state index >= 15 is 0 Å². The van der Waals surface area contributed by atoms with Crippen molar-refractivity contribution in [3.8, 4) is 5.75 Å². The third kappa shape index (κ3) is 6.50. The fourth-order valence-corrected chi connectivity index (χ4v) is 2.63. The summed E-state index contributed by atoms with van der Waals surface area (Å²) in [6, 6.07) is 4.79. The zero-order valence-electron chi connectivity index (χ0n) is 13.9. The highest BCUT2D eigenvalue weighted by Gasteiger charge is 2.28. The SMILES string of the molecule is COc1ccc(CN2CCN(CC(=O)NCC(F)(F)F)CC2)cc1F. The fourth-order valence-electron chi connectivity index (χ4n) is 2.63. The van der Waals surface area contributed by atoms with E-state index in [4.69, 9.17) is 4.74 Å². The predicted octanol–water partition coefficient (Wildman–Crippen LogP) is 1.63. The minimum atomic E-state index is -4.40. The number of carbonyl (C=O) groups is 1. The Bertz CT molecular complexity index is 587. The number of methoxy groups -OCH3 is 1. The van der Waals surface area contributed by atoms with Gasteiger partial charge in [0.2, 0.25) is 5.91 Å². The molecule has 1 saturated heterocycles. The molecule has 1 amide bonds. The molecule has 1 N–H and O–H groups in total. The van der Waals surface area contributed by atoms with Crippen LogP contribution >= 0.6 is 0 Å². The first kappa shape index (κ1) is 19.5.